The maximum Gasteiger partial charge on any atom is 0.134 e. The van der Waals surface area contributed by atoms with Crippen LogP contribution in [0.25, 0.3) is 0 Å². The van der Waals surface area contributed by atoms with Crippen molar-refractivity contribution >= 4 is 27.5 Å². The Balaban J connectivity index is 2.04. The zero-order valence-electron chi connectivity index (χ0n) is 9.82. The van der Waals surface area contributed by atoms with Crippen molar-refractivity contribution < 1.29 is 9.47 Å². The summed E-state index contributed by atoms with van der Waals surface area (Å²) in [6, 6.07) is 13.2. The first-order chi connectivity index (χ1) is 8.69. The van der Waals surface area contributed by atoms with Crippen LogP contribution in [0.4, 0.5) is 0 Å². The third-order valence-electron chi connectivity index (χ3n) is 2.45. The van der Waals surface area contributed by atoms with E-state index in [-0.39, 0.29) is 0 Å². The average Bonchev–Trinajstić information content (AvgIpc) is 2.39. The van der Waals surface area contributed by atoms with Crippen LogP contribution in [0.5, 0.6) is 11.5 Å². The summed E-state index contributed by atoms with van der Waals surface area (Å²) < 4.78 is 11.7. The summed E-state index contributed by atoms with van der Waals surface area (Å²) in [7, 11) is 1.63. The molecule has 2 aromatic carbocycles. The summed E-state index contributed by atoms with van der Waals surface area (Å²) in [5.74, 6) is 1.58. The molecule has 0 bridgehead atoms. The molecule has 0 atom stereocenters. The molecule has 0 saturated carbocycles. The normalized spacial score (nSPS) is 10.2. The first-order valence-corrected chi connectivity index (χ1v) is 6.57. The van der Waals surface area contributed by atoms with E-state index in [9.17, 15) is 0 Å². The summed E-state index contributed by atoms with van der Waals surface area (Å²) in [6.45, 7) is 0.502. The van der Waals surface area contributed by atoms with E-state index in [0.29, 0.717) is 6.61 Å². The van der Waals surface area contributed by atoms with Gasteiger partial charge in [0.15, 0.2) is 0 Å². The first kappa shape index (κ1) is 13.2. The van der Waals surface area contributed by atoms with Crippen LogP contribution in [0.1, 0.15) is 5.56 Å². The summed E-state index contributed by atoms with van der Waals surface area (Å²) in [5, 5.41) is 0.726. The highest BCUT2D eigenvalue weighted by molar-refractivity contribution is 9.10. The van der Waals surface area contributed by atoms with E-state index in [1.54, 1.807) is 7.11 Å². The molecular formula is C14H12BrClO2. The molecule has 2 aromatic rings. The molecule has 0 heterocycles. The maximum atomic E-state index is 5.83. The molecule has 18 heavy (non-hydrogen) atoms. The lowest BCUT2D eigenvalue weighted by Crippen LogP contribution is -1.96. The van der Waals surface area contributed by atoms with E-state index in [2.05, 4.69) is 15.9 Å². The Bertz CT molecular complexity index is 526. The highest BCUT2D eigenvalue weighted by Crippen LogP contribution is 2.29. The highest BCUT2D eigenvalue weighted by atomic mass is 79.9. The van der Waals surface area contributed by atoms with Gasteiger partial charge in [-0.2, -0.15) is 0 Å². The molecule has 0 fully saturated rings. The number of methoxy groups -OCH3 is 1. The first-order valence-electron chi connectivity index (χ1n) is 5.40. The quantitative estimate of drug-likeness (QED) is 0.811. The number of benzene rings is 2. The van der Waals surface area contributed by atoms with Gasteiger partial charge in [0, 0.05) is 5.02 Å². The molecule has 94 valence electrons. The van der Waals surface area contributed by atoms with Gasteiger partial charge in [-0.15, -0.1) is 0 Å². The second-order valence-corrected chi connectivity index (χ2v) is 5.00. The van der Waals surface area contributed by atoms with Crippen molar-refractivity contribution in [3.63, 3.8) is 0 Å². The van der Waals surface area contributed by atoms with Gasteiger partial charge in [0.1, 0.15) is 18.1 Å². The van der Waals surface area contributed by atoms with Gasteiger partial charge < -0.3 is 9.47 Å². The van der Waals surface area contributed by atoms with Crippen LogP contribution in [0.15, 0.2) is 46.9 Å². The van der Waals surface area contributed by atoms with Gasteiger partial charge >= 0.3 is 0 Å². The Labute approximate surface area is 120 Å². The molecule has 0 saturated heterocycles. The molecule has 0 amide bonds. The van der Waals surface area contributed by atoms with Crippen molar-refractivity contribution in [2.24, 2.45) is 0 Å². The number of hydrogen-bond acceptors (Lipinski definition) is 2. The van der Waals surface area contributed by atoms with Crippen LogP contribution in [0.3, 0.4) is 0 Å². The van der Waals surface area contributed by atoms with Gasteiger partial charge in [-0.25, -0.2) is 0 Å². The minimum atomic E-state index is 0.502. The molecule has 0 spiro atoms. The third kappa shape index (κ3) is 3.40. The second-order valence-electron chi connectivity index (χ2n) is 3.71. The molecule has 0 aliphatic heterocycles. The van der Waals surface area contributed by atoms with Crippen molar-refractivity contribution in [3.8, 4) is 11.5 Å². The van der Waals surface area contributed by atoms with Crippen molar-refractivity contribution in [2.75, 3.05) is 7.11 Å². The lowest BCUT2D eigenvalue weighted by molar-refractivity contribution is 0.303. The molecule has 0 unspecified atom stereocenters. The standard InChI is InChI=1S/C14H12BrClO2/c1-17-12-6-7-14(13(15)8-12)18-9-10-2-4-11(16)5-3-10/h2-8H,9H2,1H3. The minimum Gasteiger partial charge on any atom is -0.497 e. The van der Waals surface area contributed by atoms with Gasteiger partial charge in [0.25, 0.3) is 0 Å². The van der Waals surface area contributed by atoms with Crippen LogP contribution in [-0.2, 0) is 6.61 Å². The molecule has 0 radical (unpaired) electrons. The van der Waals surface area contributed by atoms with Crippen LogP contribution < -0.4 is 9.47 Å². The summed E-state index contributed by atoms with van der Waals surface area (Å²) in [4.78, 5) is 0. The molecule has 2 rings (SSSR count). The second kappa shape index (κ2) is 6.12. The number of halogens is 2. The Kier molecular flexibility index (Phi) is 4.50. The highest BCUT2D eigenvalue weighted by Gasteiger charge is 2.03. The topological polar surface area (TPSA) is 18.5 Å². The van der Waals surface area contributed by atoms with Crippen molar-refractivity contribution in [3.05, 3.63) is 57.5 Å². The van der Waals surface area contributed by atoms with Crippen LogP contribution >= 0.6 is 27.5 Å². The van der Waals surface area contributed by atoms with E-state index < -0.39 is 0 Å². The van der Waals surface area contributed by atoms with E-state index in [1.165, 1.54) is 0 Å². The minimum absolute atomic E-state index is 0.502. The molecule has 2 nitrogen and oxygen atoms in total. The monoisotopic (exact) mass is 326 g/mol. The fourth-order valence-corrected chi connectivity index (χ4v) is 2.07. The van der Waals surface area contributed by atoms with Crippen LogP contribution in [0, 0.1) is 0 Å². The van der Waals surface area contributed by atoms with Crippen molar-refractivity contribution in [2.45, 2.75) is 6.61 Å². The molecule has 0 aliphatic carbocycles. The lowest BCUT2D eigenvalue weighted by atomic mass is 10.2. The van der Waals surface area contributed by atoms with Gasteiger partial charge in [0.05, 0.1) is 11.6 Å². The van der Waals surface area contributed by atoms with Gasteiger partial charge in [-0.05, 0) is 51.8 Å². The summed E-state index contributed by atoms with van der Waals surface area (Å²) in [5.41, 5.74) is 1.07. The van der Waals surface area contributed by atoms with Crippen LogP contribution in [-0.4, -0.2) is 7.11 Å². The number of hydrogen-bond donors (Lipinski definition) is 0. The third-order valence-corrected chi connectivity index (χ3v) is 3.32. The van der Waals surface area contributed by atoms with E-state index in [4.69, 9.17) is 21.1 Å². The Morgan fingerprint density at radius 3 is 2.44 bits per heavy atom. The predicted molar refractivity (Wildman–Crippen MR) is 76.5 cm³/mol. The molecule has 0 aromatic heterocycles. The molecule has 0 N–H and O–H groups in total. The molecular weight excluding hydrogens is 316 g/mol. The van der Waals surface area contributed by atoms with Gasteiger partial charge in [-0.3, -0.25) is 0 Å². The van der Waals surface area contributed by atoms with Gasteiger partial charge in [0.2, 0.25) is 0 Å². The van der Waals surface area contributed by atoms with E-state index in [0.717, 1.165) is 26.6 Å². The zero-order chi connectivity index (χ0) is 13.0. The predicted octanol–water partition coefficient (Wildman–Crippen LogP) is 4.69. The fraction of sp³-hybridized carbons (Fsp3) is 0.143. The molecule has 0 aliphatic rings. The maximum absolute atomic E-state index is 5.83. The Hall–Kier alpha value is -1.19. The zero-order valence-corrected chi connectivity index (χ0v) is 12.2. The Morgan fingerprint density at radius 1 is 1.11 bits per heavy atom. The Morgan fingerprint density at radius 2 is 1.83 bits per heavy atom. The number of ether oxygens (including phenoxy) is 2. The average molecular weight is 328 g/mol. The van der Waals surface area contributed by atoms with Crippen molar-refractivity contribution in [1.29, 1.82) is 0 Å². The van der Waals surface area contributed by atoms with Gasteiger partial charge in [-0.1, -0.05) is 23.7 Å². The number of rotatable bonds is 4. The lowest BCUT2D eigenvalue weighted by Gasteiger charge is -2.09. The van der Waals surface area contributed by atoms with E-state index >= 15 is 0 Å². The SMILES string of the molecule is COc1ccc(OCc2ccc(Cl)cc2)c(Br)c1. The smallest absolute Gasteiger partial charge is 0.134 e. The molecule has 4 heteroatoms. The van der Waals surface area contributed by atoms with Crippen molar-refractivity contribution in [1.82, 2.24) is 0 Å². The summed E-state index contributed by atoms with van der Waals surface area (Å²) in [6.07, 6.45) is 0. The van der Waals surface area contributed by atoms with E-state index in [1.807, 2.05) is 42.5 Å². The van der Waals surface area contributed by atoms with Crippen LogP contribution in [0.2, 0.25) is 5.02 Å². The fourth-order valence-electron chi connectivity index (χ4n) is 1.47. The largest absolute Gasteiger partial charge is 0.497 e. The summed E-state index contributed by atoms with van der Waals surface area (Å²) >= 11 is 9.27.